The van der Waals surface area contributed by atoms with Gasteiger partial charge in [0.2, 0.25) is 0 Å². The van der Waals surface area contributed by atoms with Crippen molar-refractivity contribution in [3.05, 3.63) is 23.8 Å². The van der Waals surface area contributed by atoms with Crippen molar-refractivity contribution in [2.75, 3.05) is 0 Å². The molecule has 1 unspecified atom stereocenters. The Balaban J connectivity index is 2.10. The SMILES string of the molecule is NC(=S)C(NC(=O)c1ccc(O)c(O)c1)C1CC1. The maximum atomic E-state index is 11.9. The first kappa shape index (κ1) is 12.6. The van der Waals surface area contributed by atoms with E-state index in [9.17, 15) is 15.0 Å². The monoisotopic (exact) mass is 266 g/mol. The molecule has 0 aromatic heterocycles. The van der Waals surface area contributed by atoms with E-state index in [4.69, 9.17) is 18.0 Å². The van der Waals surface area contributed by atoms with Gasteiger partial charge in [-0.05, 0) is 37.0 Å². The van der Waals surface area contributed by atoms with Gasteiger partial charge in [0.1, 0.15) is 0 Å². The first-order chi connectivity index (χ1) is 8.49. The average molecular weight is 266 g/mol. The van der Waals surface area contributed by atoms with Crippen molar-refractivity contribution in [3.63, 3.8) is 0 Å². The lowest BCUT2D eigenvalue weighted by molar-refractivity contribution is 0.0943. The van der Waals surface area contributed by atoms with E-state index in [1.165, 1.54) is 18.2 Å². The number of hydrogen-bond donors (Lipinski definition) is 4. The number of carbonyl (C=O) groups is 1. The van der Waals surface area contributed by atoms with Gasteiger partial charge in [0.05, 0.1) is 11.0 Å². The van der Waals surface area contributed by atoms with E-state index in [0.717, 1.165) is 12.8 Å². The Morgan fingerprint density at radius 2 is 2.06 bits per heavy atom. The van der Waals surface area contributed by atoms with E-state index in [-0.39, 0.29) is 34.0 Å². The Labute approximate surface area is 110 Å². The molecule has 1 amide bonds. The summed E-state index contributed by atoms with van der Waals surface area (Å²) in [5, 5.41) is 21.2. The van der Waals surface area contributed by atoms with Crippen LogP contribution in [-0.4, -0.2) is 27.2 Å². The Hall–Kier alpha value is -1.82. The fourth-order valence-corrected chi connectivity index (χ4v) is 1.99. The van der Waals surface area contributed by atoms with Crippen molar-refractivity contribution in [3.8, 4) is 11.5 Å². The number of carbonyl (C=O) groups excluding carboxylic acids is 1. The third-order valence-corrected chi connectivity index (χ3v) is 3.18. The molecule has 0 bridgehead atoms. The first-order valence-electron chi connectivity index (χ1n) is 5.61. The van der Waals surface area contributed by atoms with Crippen molar-refractivity contribution >= 4 is 23.1 Å². The molecule has 1 fully saturated rings. The van der Waals surface area contributed by atoms with Crippen LogP contribution in [0.15, 0.2) is 18.2 Å². The molecule has 0 saturated heterocycles. The normalized spacial score (nSPS) is 16.0. The summed E-state index contributed by atoms with van der Waals surface area (Å²) in [5.41, 5.74) is 5.84. The van der Waals surface area contributed by atoms with Gasteiger partial charge in [-0.2, -0.15) is 0 Å². The number of phenolic OH excluding ortho intramolecular Hbond substituents is 2. The fourth-order valence-electron chi connectivity index (χ4n) is 1.74. The lowest BCUT2D eigenvalue weighted by Crippen LogP contribution is -2.45. The molecular weight excluding hydrogens is 252 g/mol. The lowest BCUT2D eigenvalue weighted by atomic mass is 10.1. The summed E-state index contributed by atoms with van der Waals surface area (Å²) in [4.78, 5) is 12.2. The molecule has 96 valence electrons. The first-order valence-corrected chi connectivity index (χ1v) is 6.02. The molecule has 2 rings (SSSR count). The Kier molecular flexibility index (Phi) is 3.38. The summed E-state index contributed by atoms with van der Waals surface area (Å²) in [6, 6.07) is 3.59. The van der Waals surface area contributed by atoms with E-state index < -0.39 is 0 Å². The highest BCUT2D eigenvalue weighted by atomic mass is 32.1. The molecule has 6 heteroatoms. The molecule has 1 aromatic rings. The van der Waals surface area contributed by atoms with Crippen molar-refractivity contribution in [2.45, 2.75) is 18.9 Å². The Morgan fingerprint density at radius 1 is 1.39 bits per heavy atom. The second-order valence-electron chi connectivity index (χ2n) is 4.39. The fraction of sp³-hybridized carbons (Fsp3) is 0.333. The summed E-state index contributed by atoms with van der Waals surface area (Å²) in [5.74, 6) is -0.646. The lowest BCUT2D eigenvalue weighted by Gasteiger charge is -2.16. The molecule has 5 nitrogen and oxygen atoms in total. The smallest absolute Gasteiger partial charge is 0.251 e. The van der Waals surface area contributed by atoms with Crippen LogP contribution in [0.4, 0.5) is 0 Å². The molecule has 1 aliphatic carbocycles. The average Bonchev–Trinajstić information content (AvgIpc) is 3.13. The third kappa shape index (κ3) is 2.70. The molecule has 0 aliphatic heterocycles. The molecule has 1 aromatic carbocycles. The number of aromatic hydroxyl groups is 2. The molecule has 0 spiro atoms. The van der Waals surface area contributed by atoms with Crippen LogP contribution >= 0.6 is 12.2 Å². The van der Waals surface area contributed by atoms with Crippen molar-refractivity contribution < 1.29 is 15.0 Å². The highest BCUT2D eigenvalue weighted by molar-refractivity contribution is 7.80. The number of hydrogen-bond acceptors (Lipinski definition) is 4. The van der Waals surface area contributed by atoms with Crippen molar-refractivity contribution in [2.24, 2.45) is 11.7 Å². The number of nitrogens with two attached hydrogens (primary N) is 1. The molecule has 1 atom stereocenters. The van der Waals surface area contributed by atoms with Crippen LogP contribution in [0.3, 0.4) is 0 Å². The number of rotatable bonds is 4. The number of nitrogens with one attached hydrogen (secondary N) is 1. The molecule has 5 N–H and O–H groups in total. The molecular formula is C12H14N2O3S. The highest BCUT2D eigenvalue weighted by Crippen LogP contribution is 2.33. The van der Waals surface area contributed by atoms with E-state index in [0.29, 0.717) is 5.92 Å². The summed E-state index contributed by atoms with van der Waals surface area (Å²) >= 11 is 4.92. The zero-order valence-corrected chi connectivity index (χ0v) is 10.4. The Morgan fingerprint density at radius 3 is 2.56 bits per heavy atom. The topological polar surface area (TPSA) is 95.6 Å². The maximum Gasteiger partial charge on any atom is 0.251 e. The number of phenols is 2. The minimum atomic E-state index is -0.366. The van der Waals surface area contributed by atoms with E-state index >= 15 is 0 Å². The van der Waals surface area contributed by atoms with Crippen LogP contribution in [0.5, 0.6) is 11.5 Å². The molecule has 18 heavy (non-hydrogen) atoms. The summed E-state index contributed by atoms with van der Waals surface area (Å²) in [6.45, 7) is 0. The third-order valence-electron chi connectivity index (χ3n) is 2.92. The Bertz CT molecular complexity index is 500. The minimum absolute atomic E-state index is 0.257. The van der Waals surface area contributed by atoms with Crippen molar-refractivity contribution in [1.82, 2.24) is 5.32 Å². The zero-order chi connectivity index (χ0) is 13.3. The predicted molar refractivity (Wildman–Crippen MR) is 70.5 cm³/mol. The van der Waals surface area contributed by atoms with Crippen LogP contribution in [0.2, 0.25) is 0 Å². The van der Waals surface area contributed by atoms with Gasteiger partial charge in [-0.15, -0.1) is 0 Å². The van der Waals surface area contributed by atoms with Gasteiger partial charge in [0.25, 0.3) is 5.91 Å². The molecule has 1 aliphatic rings. The summed E-state index contributed by atoms with van der Waals surface area (Å²) in [6.07, 6.45) is 2.01. The van der Waals surface area contributed by atoms with Crippen LogP contribution in [0.25, 0.3) is 0 Å². The largest absolute Gasteiger partial charge is 0.504 e. The highest BCUT2D eigenvalue weighted by Gasteiger charge is 2.34. The second-order valence-corrected chi connectivity index (χ2v) is 4.87. The van der Waals surface area contributed by atoms with Gasteiger partial charge in [-0.3, -0.25) is 4.79 Å². The molecule has 1 saturated carbocycles. The van der Waals surface area contributed by atoms with Crippen molar-refractivity contribution in [1.29, 1.82) is 0 Å². The van der Waals surface area contributed by atoms with Crippen LogP contribution in [-0.2, 0) is 0 Å². The second kappa shape index (κ2) is 4.81. The van der Waals surface area contributed by atoms with Gasteiger partial charge < -0.3 is 21.3 Å². The minimum Gasteiger partial charge on any atom is -0.504 e. The predicted octanol–water partition coefficient (Wildman–Crippen LogP) is 0.892. The van der Waals surface area contributed by atoms with Gasteiger partial charge in [-0.1, -0.05) is 12.2 Å². The zero-order valence-electron chi connectivity index (χ0n) is 9.59. The molecule has 0 radical (unpaired) electrons. The quantitative estimate of drug-likeness (QED) is 0.479. The van der Waals surface area contributed by atoms with Gasteiger partial charge in [-0.25, -0.2) is 0 Å². The van der Waals surface area contributed by atoms with Crippen LogP contribution < -0.4 is 11.1 Å². The molecule has 0 heterocycles. The number of amides is 1. The standard InChI is InChI=1S/C12H14N2O3S/c13-11(18)10(6-1-2-6)14-12(17)7-3-4-8(15)9(16)5-7/h3-6,10,15-16H,1-2H2,(H2,13,18)(H,14,17). The summed E-state index contributed by atoms with van der Waals surface area (Å²) in [7, 11) is 0. The maximum absolute atomic E-state index is 11.9. The van der Waals surface area contributed by atoms with Gasteiger partial charge in [0, 0.05) is 5.56 Å². The van der Waals surface area contributed by atoms with E-state index in [1.54, 1.807) is 0 Å². The van der Waals surface area contributed by atoms with Crippen LogP contribution in [0.1, 0.15) is 23.2 Å². The number of thiocarbonyl (C=S) groups is 1. The van der Waals surface area contributed by atoms with Crippen LogP contribution in [0, 0.1) is 5.92 Å². The van der Waals surface area contributed by atoms with E-state index in [2.05, 4.69) is 5.32 Å². The number of benzene rings is 1. The van der Waals surface area contributed by atoms with Gasteiger partial charge in [0.15, 0.2) is 11.5 Å². The van der Waals surface area contributed by atoms with Gasteiger partial charge >= 0.3 is 0 Å². The summed E-state index contributed by atoms with van der Waals surface area (Å²) < 4.78 is 0. The van der Waals surface area contributed by atoms with E-state index in [1.807, 2.05) is 0 Å².